The Kier molecular flexibility index (Phi) is 5.49. The first-order valence-corrected chi connectivity index (χ1v) is 9.39. The lowest BCUT2D eigenvalue weighted by Crippen LogP contribution is -2.83. The lowest BCUT2D eigenvalue weighted by atomic mass is 9.95. The molecule has 0 fully saturated rings. The number of aryl methyl sites for hydroxylation is 1. The van der Waals surface area contributed by atoms with E-state index >= 15 is 0 Å². The van der Waals surface area contributed by atoms with Gasteiger partial charge in [-0.05, 0) is 49.1 Å². The molecule has 136 valence electrons. The van der Waals surface area contributed by atoms with Gasteiger partial charge in [-0.3, -0.25) is 0 Å². The van der Waals surface area contributed by atoms with Crippen molar-refractivity contribution in [2.24, 2.45) is 0 Å². The molecule has 1 aromatic heterocycles. The maximum atomic E-state index is 12.0. The van der Waals surface area contributed by atoms with Crippen LogP contribution in [0.15, 0.2) is 51.7 Å². The number of quaternary nitrogens is 1. The Morgan fingerprint density at radius 3 is 2.50 bits per heavy atom. The normalized spacial score (nSPS) is 12.7. The number of fused-ring (bicyclic) bond motifs is 1. The van der Waals surface area contributed by atoms with Gasteiger partial charge >= 0.3 is 5.63 Å². The maximum Gasteiger partial charge on any atom is 0.336 e. The molecule has 26 heavy (non-hydrogen) atoms. The molecule has 2 N–H and O–H groups in total. The highest BCUT2D eigenvalue weighted by Crippen LogP contribution is 2.27. The number of benzene rings is 2. The summed E-state index contributed by atoms with van der Waals surface area (Å²) in [5.41, 5.74) is 4.89. The summed E-state index contributed by atoms with van der Waals surface area (Å²) in [5.74, 6) is 0.421. The molecule has 0 spiro atoms. The monoisotopic (exact) mass is 370 g/mol. The van der Waals surface area contributed by atoms with Crippen molar-refractivity contribution in [1.29, 1.82) is 0 Å². The Labute approximate surface area is 159 Å². The smallest absolute Gasteiger partial charge is 0.336 e. The van der Waals surface area contributed by atoms with Gasteiger partial charge in [-0.2, -0.15) is 0 Å². The zero-order chi connectivity index (χ0) is 18.8. The van der Waals surface area contributed by atoms with Gasteiger partial charge in [0.15, 0.2) is 0 Å². The third-order valence-corrected chi connectivity index (χ3v) is 5.27. The highest BCUT2D eigenvalue weighted by molar-refractivity contribution is 6.31. The van der Waals surface area contributed by atoms with Crippen LogP contribution in [0.3, 0.4) is 0 Å². The molecule has 0 saturated heterocycles. The fourth-order valence-electron chi connectivity index (χ4n) is 3.46. The number of rotatable bonds is 5. The molecule has 0 amide bonds. The summed E-state index contributed by atoms with van der Waals surface area (Å²) in [7, 11) is 0. The van der Waals surface area contributed by atoms with Crippen molar-refractivity contribution in [3.63, 3.8) is 0 Å². The molecule has 0 saturated carbocycles. The predicted molar refractivity (Wildman–Crippen MR) is 107 cm³/mol. The molecule has 4 heteroatoms. The molecule has 0 radical (unpaired) electrons. The zero-order valence-electron chi connectivity index (χ0n) is 15.7. The summed E-state index contributed by atoms with van der Waals surface area (Å²) in [6.45, 7) is 9.23. The minimum absolute atomic E-state index is 0.195. The lowest BCUT2D eigenvalue weighted by Gasteiger charge is -2.15. The third-order valence-electron chi connectivity index (χ3n) is 4.93. The van der Waals surface area contributed by atoms with Gasteiger partial charge in [-0.1, -0.05) is 43.6 Å². The summed E-state index contributed by atoms with van der Waals surface area (Å²) >= 11 is 6.31. The first kappa shape index (κ1) is 18.7. The quantitative estimate of drug-likeness (QED) is 0.661. The van der Waals surface area contributed by atoms with E-state index in [1.54, 1.807) is 6.07 Å². The van der Waals surface area contributed by atoms with E-state index < -0.39 is 0 Å². The average Bonchev–Trinajstić information content (AvgIpc) is 2.58. The van der Waals surface area contributed by atoms with Crippen molar-refractivity contribution in [3.05, 3.63) is 80.2 Å². The first-order chi connectivity index (χ1) is 12.4. The van der Waals surface area contributed by atoms with Crippen LogP contribution >= 0.6 is 11.6 Å². The fraction of sp³-hybridized carbons (Fsp3) is 0.318. The highest BCUT2D eigenvalue weighted by atomic mass is 35.5. The summed E-state index contributed by atoms with van der Waals surface area (Å²) < 4.78 is 5.44. The second-order valence-electron chi connectivity index (χ2n) is 7.20. The Bertz CT molecular complexity index is 991. The Hall–Kier alpha value is -2.10. The van der Waals surface area contributed by atoms with Gasteiger partial charge in [0.05, 0.1) is 0 Å². The largest absolute Gasteiger partial charge is 0.423 e. The average molecular weight is 371 g/mol. The van der Waals surface area contributed by atoms with Gasteiger partial charge < -0.3 is 9.73 Å². The van der Waals surface area contributed by atoms with Crippen LogP contribution in [0.4, 0.5) is 0 Å². The van der Waals surface area contributed by atoms with Gasteiger partial charge in [0.1, 0.15) is 18.2 Å². The van der Waals surface area contributed by atoms with Crippen LogP contribution in [0.1, 0.15) is 55.0 Å². The van der Waals surface area contributed by atoms with Crippen LogP contribution in [0.5, 0.6) is 0 Å². The molecule has 0 bridgehead atoms. The van der Waals surface area contributed by atoms with E-state index in [4.69, 9.17) is 16.0 Å². The van der Waals surface area contributed by atoms with Crippen molar-refractivity contribution in [1.82, 2.24) is 0 Å². The molecule has 1 atom stereocenters. The van der Waals surface area contributed by atoms with E-state index in [2.05, 4.69) is 39.1 Å². The van der Waals surface area contributed by atoms with Gasteiger partial charge in [-0.25, -0.2) is 4.79 Å². The number of nitrogens with two attached hydrogens (primary N) is 1. The number of hydrogen-bond donors (Lipinski definition) is 1. The third kappa shape index (κ3) is 3.84. The molecule has 3 nitrogen and oxygen atoms in total. The van der Waals surface area contributed by atoms with Crippen molar-refractivity contribution in [2.75, 3.05) is 0 Å². The van der Waals surface area contributed by atoms with Crippen LogP contribution in [0, 0.1) is 6.92 Å². The van der Waals surface area contributed by atoms with E-state index in [1.165, 1.54) is 5.56 Å². The van der Waals surface area contributed by atoms with E-state index in [9.17, 15) is 4.79 Å². The molecule has 2 aromatic carbocycles. The summed E-state index contributed by atoms with van der Waals surface area (Å²) in [6.07, 6.45) is 0. The number of halogens is 1. The Morgan fingerprint density at radius 1 is 1.08 bits per heavy atom. The second kappa shape index (κ2) is 7.65. The van der Waals surface area contributed by atoms with Crippen LogP contribution in [-0.2, 0) is 6.54 Å². The summed E-state index contributed by atoms with van der Waals surface area (Å²) in [4.78, 5) is 12.0. The first-order valence-electron chi connectivity index (χ1n) is 9.02. The van der Waals surface area contributed by atoms with Crippen LogP contribution in [-0.4, -0.2) is 0 Å². The van der Waals surface area contributed by atoms with Crippen LogP contribution in [0.25, 0.3) is 11.0 Å². The maximum absolute atomic E-state index is 12.0. The topological polar surface area (TPSA) is 46.8 Å². The molecule has 0 aliphatic heterocycles. The molecule has 3 rings (SSSR count). The molecule has 1 heterocycles. The van der Waals surface area contributed by atoms with E-state index in [0.717, 1.165) is 27.1 Å². The molecule has 0 unspecified atom stereocenters. The van der Waals surface area contributed by atoms with Gasteiger partial charge in [0, 0.05) is 27.6 Å². The van der Waals surface area contributed by atoms with Gasteiger partial charge in [0.25, 0.3) is 0 Å². The second-order valence-corrected chi connectivity index (χ2v) is 7.61. The van der Waals surface area contributed by atoms with E-state index in [0.29, 0.717) is 18.0 Å². The van der Waals surface area contributed by atoms with E-state index in [-0.39, 0.29) is 11.7 Å². The van der Waals surface area contributed by atoms with Crippen LogP contribution < -0.4 is 10.9 Å². The van der Waals surface area contributed by atoms with Crippen molar-refractivity contribution in [3.8, 4) is 0 Å². The van der Waals surface area contributed by atoms with Crippen molar-refractivity contribution >= 4 is 22.6 Å². The number of hydrogen-bond acceptors (Lipinski definition) is 2. The lowest BCUT2D eigenvalue weighted by molar-refractivity contribution is -0.707. The minimum atomic E-state index is -0.303. The Balaban J connectivity index is 1.95. The van der Waals surface area contributed by atoms with E-state index in [1.807, 2.05) is 30.3 Å². The minimum Gasteiger partial charge on any atom is -0.423 e. The highest BCUT2D eigenvalue weighted by Gasteiger charge is 2.15. The Morgan fingerprint density at radius 2 is 1.81 bits per heavy atom. The molecule has 3 aromatic rings. The molecule has 0 aliphatic carbocycles. The fourth-order valence-corrected chi connectivity index (χ4v) is 3.77. The zero-order valence-corrected chi connectivity index (χ0v) is 16.4. The standard InChI is InChI=1S/C22H24ClNO2/c1-13(2)18-11-19-16(10-22(25)26-21(19)9-14(18)3)12-24-15(4)17-7-5-6-8-20(17)23/h5-11,13,15,24H,12H2,1-4H3/p+1/t15-/m1/s1. The van der Waals surface area contributed by atoms with Crippen molar-refractivity contribution < 1.29 is 9.73 Å². The van der Waals surface area contributed by atoms with Gasteiger partial charge in [-0.15, -0.1) is 0 Å². The summed E-state index contributed by atoms with van der Waals surface area (Å²) in [5, 5.41) is 3.98. The van der Waals surface area contributed by atoms with Crippen LogP contribution in [0.2, 0.25) is 5.02 Å². The predicted octanol–water partition coefficient (Wildman–Crippen LogP) is 4.70. The van der Waals surface area contributed by atoms with Crippen molar-refractivity contribution in [2.45, 2.75) is 46.2 Å². The molecule has 0 aliphatic rings. The SMILES string of the molecule is Cc1cc2oc(=O)cc(C[NH2+][C@H](C)c3ccccc3Cl)c2cc1C(C)C. The summed E-state index contributed by atoms with van der Waals surface area (Å²) in [6, 6.07) is 13.8. The molecular weight excluding hydrogens is 346 g/mol. The van der Waals surface area contributed by atoms with Gasteiger partial charge in [0.2, 0.25) is 0 Å². The molecular formula is C22H25ClNO2+.